The third-order valence-electron chi connectivity index (χ3n) is 5.79. The van der Waals surface area contributed by atoms with Crippen molar-refractivity contribution in [1.29, 1.82) is 0 Å². The van der Waals surface area contributed by atoms with Crippen LogP contribution in [0.5, 0.6) is 0 Å². The van der Waals surface area contributed by atoms with Crippen LogP contribution >= 0.6 is 0 Å². The van der Waals surface area contributed by atoms with E-state index in [2.05, 4.69) is 36.3 Å². The number of carbonyl (C=O) groups is 2. The molecule has 3 rings (SSSR count). The number of hydrogen-bond acceptors (Lipinski definition) is 4. The molecule has 1 aliphatic rings. The van der Waals surface area contributed by atoms with Crippen molar-refractivity contribution in [3.05, 3.63) is 53.7 Å². The van der Waals surface area contributed by atoms with Crippen LogP contribution in [0.3, 0.4) is 0 Å². The molecule has 1 saturated heterocycles. The highest BCUT2D eigenvalue weighted by Crippen LogP contribution is 2.22. The molecule has 2 heterocycles. The number of rotatable bonds is 7. The van der Waals surface area contributed by atoms with Crippen molar-refractivity contribution >= 4 is 17.5 Å². The summed E-state index contributed by atoms with van der Waals surface area (Å²) in [6.07, 6.45) is 5.00. The molecule has 0 bridgehead atoms. The maximum atomic E-state index is 13.8. The summed E-state index contributed by atoms with van der Waals surface area (Å²) in [5.74, 6) is -0.215. The van der Waals surface area contributed by atoms with Gasteiger partial charge in [-0.05, 0) is 62.0 Å². The molecule has 1 aromatic carbocycles. The molecular weight excluding hydrogens is 385 g/mol. The lowest BCUT2D eigenvalue weighted by atomic mass is 9.94. The average Bonchev–Trinajstić information content (AvgIpc) is 3.24. The van der Waals surface area contributed by atoms with E-state index in [1.165, 1.54) is 43.6 Å². The largest absolute Gasteiger partial charge is 0.472 e. The summed E-state index contributed by atoms with van der Waals surface area (Å²) in [5.41, 5.74) is 0.652. The van der Waals surface area contributed by atoms with Crippen LogP contribution in [0.2, 0.25) is 0 Å². The van der Waals surface area contributed by atoms with Crippen molar-refractivity contribution in [2.24, 2.45) is 11.8 Å². The Morgan fingerprint density at radius 1 is 1.20 bits per heavy atom. The number of amides is 2. The minimum atomic E-state index is -0.531. The zero-order chi connectivity index (χ0) is 21.7. The molecule has 0 spiro atoms. The highest BCUT2D eigenvalue weighted by Gasteiger charge is 2.26. The van der Waals surface area contributed by atoms with E-state index in [-0.39, 0.29) is 23.2 Å². The molecule has 7 heteroatoms. The standard InChI is InChI=1S/C23H30FN3O3/c1-15(2)21(27-9-6-16(3)7-10-27)13-25-23(29)19-5-4-18(24)12-20(19)26-22(28)17-8-11-30-14-17/h4-5,8,11-12,14-16,21H,6-7,9-10,13H2,1-3H3,(H,25,29)(H,26,28)/t21-/m0/s1. The zero-order valence-corrected chi connectivity index (χ0v) is 17.8. The van der Waals surface area contributed by atoms with E-state index >= 15 is 0 Å². The molecule has 1 aromatic heterocycles. The number of halogens is 1. The first kappa shape index (κ1) is 22.0. The van der Waals surface area contributed by atoms with Crippen molar-refractivity contribution in [2.45, 2.75) is 39.7 Å². The molecular formula is C23H30FN3O3. The second-order valence-electron chi connectivity index (χ2n) is 8.40. The molecule has 2 aromatic rings. The smallest absolute Gasteiger partial charge is 0.258 e. The van der Waals surface area contributed by atoms with Crippen molar-refractivity contribution in [2.75, 3.05) is 25.0 Å². The second-order valence-corrected chi connectivity index (χ2v) is 8.40. The summed E-state index contributed by atoms with van der Waals surface area (Å²) in [6.45, 7) is 9.15. The highest BCUT2D eigenvalue weighted by atomic mass is 19.1. The van der Waals surface area contributed by atoms with E-state index in [1.54, 1.807) is 0 Å². The van der Waals surface area contributed by atoms with Crippen LogP contribution in [-0.4, -0.2) is 42.4 Å². The van der Waals surface area contributed by atoms with Gasteiger partial charge < -0.3 is 15.1 Å². The van der Waals surface area contributed by atoms with Crippen LogP contribution in [0.15, 0.2) is 41.2 Å². The predicted octanol–water partition coefficient (Wildman–Crippen LogP) is 4.16. The molecule has 30 heavy (non-hydrogen) atoms. The third kappa shape index (κ3) is 5.48. The summed E-state index contributed by atoms with van der Waals surface area (Å²) < 4.78 is 18.7. The molecule has 1 aliphatic heterocycles. The summed E-state index contributed by atoms with van der Waals surface area (Å²) >= 11 is 0. The van der Waals surface area contributed by atoms with Crippen molar-refractivity contribution in [1.82, 2.24) is 10.2 Å². The lowest BCUT2D eigenvalue weighted by Crippen LogP contribution is -2.49. The van der Waals surface area contributed by atoms with Gasteiger partial charge in [0.25, 0.3) is 11.8 Å². The lowest BCUT2D eigenvalue weighted by Gasteiger charge is -2.39. The van der Waals surface area contributed by atoms with E-state index in [4.69, 9.17) is 4.42 Å². The highest BCUT2D eigenvalue weighted by molar-refractivity contribution is 6.08. The van der Waals surface area contributed by atoms with Gasteiger partial charge in [0, 0.05) is 12.6 Å². The number of piperidine rings is 1. The first-order valence-electron chi connectivity index (χ1n) is 10.5. The average molecular weight is 416 g/mol. The van der Waals surface area contributed by atoms with Gasteiger partial charge in [-0.1, -0.05) is 20.8 Å². The molecule has 1 atom stereocenters. The van der Waals surface area contributed by atoms with Gasteiger partial charge in [0.1, 0.15) is 12.1 Å². The minimum absolute atomic E-state index is 0.131. The van der Waals surface area contributed by atoms with E-state index in [0.717, 1.165) is 25.1 Å². The van der Waals surface area contributed by atoms with E-state index < -0.39 is 11.7 Å². The Hall–Kier alpha value is -2.67. The lowest BCUT2D eigenvalue weighted by molar-refractivity contribution is 0.0863. The van der Waals surface area contributed by atoms with Gasteiger partial charge >= 0.3 is 0 Å². The predicted molar refractivity (Wildman–Crippen MR) is 114 cm³/mol. The van der Waals surface area contributed by atoms with Gasteiger partial charge in [-0.3, -0.25) is 14.5 Å². The zero-order valence-electron chi connectivity index (χ0n) is 17.8. The first-order valence-corrected chi connectivity index (χ1v) is 10.5. The van der Waals surface area contributed by atoms with Gasteiger partial charge in [-0.2, -0.15) is 0 Å². The first-order chi connectivity index (χ1) is 14.3. The van der Waals surface area contributed by atoms with Gasteiger partial charge in [-0.15, -0.1) is 0 Å². The van der Waals surface area contributed by atoms with Gasteiger partial charge in [-0.25, -0.2) is 4.39 Å². The maximum absolute atomic E-state index is 13.8. The topological polar surface area (TPSA) is 74.6 Å². The molecule has 2 N–H and O–H groups in total. The van der Waals surface area contributed by atoms with Gasteiger partial charge in [0.2, 0.25) is 0 Å². The summed E-state index contributed by atoms with van der Waals surface area (Å²) in [7, 11) is 0. The summed E-state index contributed by atoms with van der Waals surface area (Å²) in [6, 6.07) is 5.49. The van der Waals surface area contributed by atoms with E-state index in [0.29, 0.717) is 18.0 Å². The van der Waals surface area contributed by atoms with Crippen molar-refractivity contribution in [3.63, 3.8) is 0 Å². The Morgan fingerprint density at radius 3 is 2.57 bits per heavy atom. The SMILES string of the molecule is CC1CCN([C@@H](CNC(=O)c2ccc(F)cc2NC(=O)c2ccoc2)C(C)C)CC1. The number of hydrogen-bond donors (Lipinski definition) is 2. The fraction of sp³-hybridized carbons (Fsp3) is 0.478. The van der Waals surface area contributed by atoms with Crippen molar-refractivity contribution in [3.8, 4) is 0 Å². The molecule has 0 aliphatic carbocycles. The van der Waals surface area contributed by atoms with Gasteiger partial charge in [0.15, 0.2) is 0 Å². The van der Waals surface area contributed by atoms with Gasteiger partial charge in [0.05, 0.1) is 23.1 Å². The van der Waals surface area contributed by atoms with E-state index in [9.17, 15) is 14.0 Å². The van der Waals surface area contributed by atoms with Crippen LogP contribution in [-0.2, 0) is 0 Å². The molecule has 0 radical (unpaired) electrons. The molecule has 162 valence electrons. The van der Waals surface area contributed by atoms with Crippen LogP contribution < -0.4 is 10.6 Å². The molecule has 1 fully saturated rings. The number of furan rings is 1. The van der Waals surface area contributed by atoms with Crippen molar-refractivity contribution < 1.29 is 18.4 Å². The second kappa shape index (κ2) is 9.89. The Kier molecular flexibility index (Phi) is 7.26. The third-order valence-corrected chi connectivity index (χ3v) is 5.79. The number of carbonyl (C=O) groups excluding carboxylic acids is 2. The molecule has 0 saturated carbocycles. The monoisotopic (exact) mass is 415 g/mol. The normalized spacial score (nSPS) is 16.4. The van der Waals surface area contributed by atoms with Crippen LogP contribution in [0.1, 0.15) is 54.3 Å². The molecule has 6 nitrogen and oxygen atoms in total. The molecule has 2 amide bonds. The van der Waals surface area contributed by atoms with Crippen LogP contribution in [0.4, 0.5) is 10.1 Å². The number of nitrogens with one attached hydrogen (secondary N) is 2. The van der Waals surface area contributed by atoms with E-state index in [1.807, 2.05) is 0 Å². The number of likely N-dealkylation sites (tertiary alicyclic amines) is 1. The Bertz CT molecular complexity index is 859. The fourth-order valence-corrected chi connectivity index (χ4v) is 3.85. The number of nitrogens with zero attached hydrogens (tertiary/aromatic N) is 1. The number of anilines is 1. The van der Waals surface area contributed by atoms with Crippen LogP contribution in [0, 0.1) is 17.7 Å². The minimum Gasteiger partial charge on any atom is -0.472 e. The quantitative estimate of drug-likeness (QED) is 0.712. The summed E-state index contributed by atoms with van der Waals surface area (Å²) in [5, 5.41) is 5.59. The van der Waals surface area contributed by atoms with Crippen LogP contribution in [0.25, 0.3) is 0 Å². The Morgan fingerprint density at radius 2 is 1.93 bits per heavy atom. The summed E-state index contributed by atoms with van der Waals surface area (Å²) in [4.78, 5) is 27.6. The fourth-order valence-electron chi connectivity index (χ4n) is 3.85. The molecule has 0 unspecified atom stereocenters. The Balaban J connectivity index is 1.69. The Labute approximate surface area is 176 Å². The maximum Gasteiger partial charge on any atom is 0.258 e. The number of benzene rings is 1.